The van der Waals surface area contributed by atoms with Crippen molar-refractivity contribution in [3.63, 3.8) is 0 Å². The van der Waals surface area contributed by atoms with Gasteiger partial charge in [0.15, 0.2) is 0 Å². The molecule has 1 rings (SSSR count). The fourth-order valence-corrected chi connectivity index (χ4v) is 1.79. The average molecular weight is 294 g/mol. The number of carbonyl (C=O) groups excluding carboxylic acids is 1. The molecule has 0 aromatic heterocycles. The summed E-state index contributed by atoms with van der Waals surface area (Å²) in [7, 11) is 0. The van der Waals surface area contributed by atoms with Crippen LogP contribution in [-0.4, -0.2) is 35.9 Å². The molecule has 0 fully saturated rings. The number of carboxylic acids is 1. The van der Waals surface area contributed by atoms with Gasteiger partial charge in [0.2, 0.25) is 0 Å². The Balaban J connectivity index is 2.46. The third-order valence-electron chi connectivity index (χ3n) is 2.78. The first-order valence-corrected chi connectivity index (χ1v) is 6.82. The predicted octanol–water partition coefficient (Wildman–Crippen LogP) is 2.25. The van der Waals surface area contributed by atoms with Gasteiger partial charge in [-0.05, 0) is 38.5 Å². The van der Waals surface area contributed by atoms with Crippen LogP contribution in [0.3, 0.4) is 0 Å². The molecule has 3 N–H and O–H groups in total. The summed E-state index contributed by atoms with van der Waals surface area (Å²) in [6, 6.07) is 6.37. The molecule has 0 unspecified atom stereocenters. The largest absolute Gasteiger partial charge is 0.481 e. The highest BCUT2D eigenvalue weighted by Gasteiger charge is 2.18. The summed E-state index contributed by atoms with van der Waals surface area (Å²) in [6.07, 6.45) is -0.0327. The lowest BCUT2D eigenvalue weighted by atomic mass is 10.1. The van der Waals surface area contributed by atoms with Gasteiger partial charge in [0.05, 0.1) is 12.0 Å². The lowest BCUT2D eigenvalue weighted by molar-refractivity contribution is -0.136. The number of amides is 2. The van der Waals surface area contributed by atoms with Crippen LogP contribution >= 0.6 is 0 Å². The quantitative estimate of drug-likeness (QED) is 0.719. The van der Waals surface area contributed by atoms with Gasteiger partial charge in [-0.25, -0.2) is 4.79 Å². The van der Waals surface area contributed by atoms with E-state index < -0.39 is 11.6 Å². The molecule has 0 saturated heterocycles. The van der Waals surface area contributed by atoms with Crippen molar-refractivity contribution < 1.29 is 19.4 Å². The Labute approximate surface area is 124 Å². The molecule has 1 aromatic rings. The van der Waals surface area contributed by atoms with Crippen molar-refractivity contribution in [2.24, 2.45) is 0 Å². The fraction of sp³-hybridized carbons (Fsp3) is 0.467. The first-order valence-electron chi connectivity index (χ1n) is 6.82. The standard InChI is InChI=1S/C15H22N2O4/c1-4-21-15(2,3)10-16-14(20)17-12-7-5-11(6-8-12)9-13(18)19/h5-8H,4,9-10H2,1-3H3,(H,18,19)(H2,16,17,20). The summed E-state index contributed by atoms with van der Waals surface area (Å²) in [5.74, 6) is -0.883. The van der Waals surface area contributed by atoms with Gasteiger partial charge >= 0.3 is 12.0 Å². The SMILES string of the molecule is CCOC(C)(C)CNC(=O)Nc1ccc(CC(=O)O)cc1. The Morgan fingerprint density at radius 1 is 1.24 bits per heavy atom. The van der Waals surface area contributed by atoms with Gasteiger partial charge in [0.1, 0.15) is 0 Å². The maximum Gasteiger partial charge on any atom is 0.319 e. The molecular formula is C15H22N2O4. The second-order valence-corrected chi connectivity index (χ2v) is 5.27. The van der Waals surface area contributed by atoms with Crippen LogP contribution in [0.4, 0.5) is 10.5 Å². The minimum Gasteiger partial charge on any atom is -0.481 e. The molecule has 6 nitrogen and oxygen atoms in total. The van der Waals surface area contributed by atoms with Crippen LogP contribution in [0.1, 0.15) is 26.3 Å². The van der Waals surface area contributed by atoms with Crippen LogP contribution < -0.4 is 10.6 Å². The number of hydrogen-bond acceptors (Lipinski definition) is 3. The lowest BCUT2D eigenvalue weighted by Crippen LogP contribution is -2.42. The van der Waals surface area contributed by atoms with E-state index in [4.69, 9.17) is 9.84 Å². The van der Waals surface area contributed by atoms with Crippen LogP contribution in [0.15, 0.2) is 24.3 Å². The second kappa shape index (κ2) is 7.64. The van der Waals surface area contributed by atoms with Crippen molar-refractivity contribution in [1.82, 2.24) is 5.32 Å². The number of nitrogens with one attached hydrogen (secondary N) is 2. The number of benzene rings is 1. The van der Waals surface area contributed by atoms with Gasteiger partial charge in [0, 0.05) is 18.8 Å². The minimum absolute atomic E-state index is 0.0327. The second-order valence-electron chi connectivity index (χ2n) is 5.27. The Kier molecular flexibility index (Phi) is 6.17. The van der Waals surface area contributed by atoms with Crippen molar-refractivity contribution in [3.05, 3.63) is 29.8 Å². The van der Waals surface area contributed by atoms with Crippen molar-refractivity contribution in [2.75, 3.05) is 18.5 Å². The molecule has 0 spiro atoms. The van der Waals surface area contributed by atoms with Crippen LogP contribution in [0.25, 0.3) is 0 Å². The van der Waals surface area contributed by atoms with Gasteiger partial charge in [-0.15, -0.1) is 0 Å². The normalized spacial score (nSPS) is 11.0. The summed E-state index contributed by atoms with van der Waals surface area (Å²) < 4.78 is 5.48. The zero-order valence-corrected chi connectivity index (χ0v) is 12.6. The van der Waals surface area contributed by atoms with E-state index in [0.29, 0.717) is 24.4 Å². The van der Waals surface area contributed by atoms with Gasteiger partial charge in [-0.1, -0.05) is 12.1 Å². The van der Waals surface area contributed by atoms with Crippen molar-refractivity contribution in [1.29, 1.82) is 0 Å². The smallest absolute Gasteiger partial charge is 0.319 e. The molecule has 116 valence electrons. The van der Waals surface area contributed by atoms with Crippen LogP contribution in [0.5, 0.6) is 0 Å². The highest BCUT2D eigenvalue weighted by molar-refractivity contribution is 5.89. The molecule has 0 atom stereocenters. The molecule has 21 heavy (non-hydrogen) atoms. The Morgan fingerprint density at radius 2 is 1.86 bits per heavy atom. The number of urea groups is 1. The van der Waals surface area contributed by atoms with E-state index in [0.717, 1.165) is 0 Å². The molecule has 1 aromatic carbocycles. The zero-order valence-electron chi connectivity index (χ0n) is 12.6. The van der Waals surface area contributed by atoms with E-state index in [1.165, 1.54) is 0 Å². The summed E-state index contributed by atoms with van der Waals surface area (Å²) >= 11 is 0. The summed E-state index contributed by atoms with van der Waals surface area (Å²) in [6.45, 7) is 6.68. The Hall–Kier alpha value is -2.08. The number of hydrogen-bond donors (Lipinski definition) is 3. The maximum atomic E-state index is 11.8. The first kappa shape index (κ1) is 17.0. The molecule has 0 aliphatic carbocycles. The number of aliphatic carboxylic acids is 1. The van der Waals surface area contributed by atoms with E-state index in [1.807, 2.05) is 20.8 Å². The van der Waals surface area contributed by atoms with E-state index in [1.54, 1.807) is 24.3 Å². The van der Waals surface area contributed by atoms with Crippen molar-refractivity contribution >= 4 is 17.7 Å². The molecule has 6 heteroatoms. The number of anilines is 1. The van der Waals surface area contributed by atoms with Gasteiger partial charge in [-0.2, -0.15) is 0 Å². The molecular weight excluding hydrogens is 272 g/mol. The molecule has 0 radical (unpaired) electrons. The van der Waals surface area contributed by atoms with Crippen LogP contribution in [0.2, 0.25) is 0 Å². The van der Waals surface area contributed by atoms with E-state index in [2.05, 4.69) is 10.6 Å². The zero-order chi connectivity index (χ0) is 15.9. The molecule has 0 aliphatic heterocycles. The van der Waals surface area contributed by atoms with Gasteiger partial charge in [0.25, 0.3) is 0 Å². The molecule has 0 heterocycles. The van der Waals surface area contributed by atoms with Crippen LogP contribution in [-0.2, 0) is 16.0 Å². The summed E-state index contributed by atoms with van der Waals surface area (Å²) in [5.41, 5.74) is 0.874. The lowest BCUT2D eigenvalue weighted by Gasteiger charge is -2.24. The first-order chi connectivity index (χ1) is 9.82. The Bertz CT molecular complexity index is 483. The third kappa shape index (κ3) is 6.76. The topological polar surface area (TPSA) is 87.7 Å². The van der Waals surface area contributed by atoms with Gasteiger partial charge < -0.3 is 20.5 Å². The van der Waals surface area contributed by atoms with Crippen molar-refractivity contribution in [2.45, 2.75) is 32.8 Å². The molecule has 2 amide bonds. The number of ether oxygens (including phenoxy) is 1. The van der Waals surface area contributed by atoms with E-state index in [9.17, 15) is 9.59 Å². The number of rotatable bonds is 7. The van der Waals surface area contributed by atoms with E-state index >= 15 is 0 Å². The monoisotopic (exact) mass is 294 g/mol. The number of carbonyl (C=O) groups is 2. The highest BCUT2D eigenvalue weighted by Crippen LogP contribution is 2.11. The van der Waals surface area contributed by atoms with E-state index in [-0.39, 0.29) is 12.5 Å². The Morgan fingerprint density at radius 3 is 2.38 bits per heavy atom. The summed E-state index contributed by atoms with van der Waals surface area (Å²) in [4.78, 5) is 22.3. The summed E-state index contributed by atoms with van der Waals surface area (Å²) in [5, 5.41) is 14.1. The van der Waals surface area contributed by atoms with Crippen molar-refractivity contribution in [3.8, 4) is 0 Å². The third-order valence-corrected chi connectivity index (χ3v) is 2.78. The average Bonchev–Trinajstić information content (AvgIpc) is 2.38. The predicted molar refractivity (Wildman–Crippen MR) is 80.5 cm³/mol. The molecule has 0 aliphatic rings. The van der Waals surface area contributed by atoms with Gasteiger partial charge in [-0.3, -0.25) is 4.79 Å². The highest BCUT2D eigenvalue weighted by atomic mass is 16.5. The minimum atomic E-state index is -0.883. The van der Waals surface area contributed by atoms with Crippen LogP contribution in [0, 0.1) is 0 Å². The maximum absolute atomic E-state index is 11.8. The molecule has 0 bridgehead atoms. The number of carboxylic acid groups (broad SMARTS) is 1. The molecule has 0 saturated carbocycles. The fourth-order valence-electron chi connectivity index (χ4n) is 1.79.